The quantitative estimate of drug-likeness (QED) is 0.775. The zero-order valence-corrected chi connectivity index (χ0v) is 14.6. The minimum absolute atomic E-state index is 0.390. The predicted molar refractivity (Wildman–Crippen MR) is 90.7 cm³/mol. The molecule has 3 heteroatoms. The summed E-state index contributed by atoms with van der Waals surface area (Å²) in [6.45, 7) is 8.39. The van der Waals surface area contributed by atoms with Gasteiger partial charge < -0.3 is 4.90 Å². The van der Waals surface area contributed by atoms with Gasteiger partial charge in [-0.05, 0) is 49.9 Å². The summed E-state index contributed by atoms with van der Waals surface area (Å²) in [5, 5.41) is 0. The lowest BCUT2D eigenvalue weighted by molar-refractivity contribution is -0.135. The van der Waals surface area contributed by atoms with Crippen LogP contribution in [-0.2, 0) is 4.79 Å². The largest absolute Gasteiger partial charge is 0.341 e. The van der Waals surface area contributed by atoms with E-state index < -0.39 is 0 Å². The third-order valence-corrected chi connectivity index (χ3v) is 5.84. The van der Waals surface area contributed by atoms with E-state index in [-0.39, 0.29) is 0 Å². The summed E-state index contributed by atoms with van der Waals surface area (Å²) in [6, 6.07) is 0.713. The number of piperidine rings is 1. The number of rotatable bonds is 5. The molecule has 0 unspecified atom stereocenters. The maximum Gasteiger partial charge on any atom is 0.236 e. The lowest BCUT2D eigenvalue weighted by Gasteiger charge is -2.37. The molecule has 3 rings (SSSR count). The van der Waals surface area contributed by atoms with Crippen molar-refractivity contribution in [2.45, 2.75) is 71.3 Å². The van der Waals surface area contributed by atoms with Crippen LogP contribution in [0, 0.1) is 17.8 Å². The third-order valence-electron chi connectivity index (χ3n) is 5.84. The molecular weight excluding hydrogens is 272 g/mol. The molecule has 1 aliphatic heterocycles. The lowest BCUT2D eigenvalue weighted by atomic mass is 9.89. The van der Waals surface area contributed by atoms with Crippen LogP contribution in [0.15, 0.2) is 0 Å². The first-order valence-corrected chi connectivity index (χ1v) is 9.63. The second kappa shape index (κ2) is 7.33. The zero-order valence-electron chi connectivity index (χ0n) is 14.6. The molecule has 1 saturated heterocycles. The summed E-state index contributed by atoms with van der Waals surface area (Å²) in [5.74, 6) is 2.57. The molecule has 2 atom stereocenters. The number of likely N-dealkylation sites (tertiary alicyclic amines) is 1. The number of amides is 1. The Hall–Kier alpha value is -0.570. The van der Waals surface area contributed by atoms with Crippen LogP contribution in [0.1, 0.15) is 65.2 Å². The van der Waals surface area contributed by atoms with Crippen LogP contribution in [-0.4, -0.2) is 47.9 Å². The van der Waals surface area contributed by atoms with Gasteiger partial charge in [-0.2, -0.15) is 0 Å². The average molecular weight is 306 g/mol. The van der Waals surface area contributed by atoms with Crippen LogP contribution in [0.25, 0.3) is 0 Å². The number of carbonyl (C=O) groups is 1. The number of carbonyl (C=O) groups excluding carboxylic acids is 1. The van der Waals surface area contributed by atoms with Crippen molar-refractivity contribution < 1.29 is 4.79 Å². The maximum atomic E-state index is 12.8. The van der Waals surface area contributed by atoms with E-state index in [2.05, 4.69) is 23.6 Å². The molecule has 0 aromatic carbocycles. The smallest absolute Gasteiger partial charge is 0.236 e. The molecule has 2 aliphatic carbocycles. The molecule has 0 aromatic rings. The highest BCUT2D eigenvalue weighted by Crippen LogP contribution is 2.31. The summed E-state index contributed by atoms with van der Waals surface area (Å²) in [4.78, 5) is 17.4. The Balaban J connectivity index is 1.52. The van der Waals surface area contributed by atoms with Crippen LogP contribution < -0.4 is 0 Å². The number of hydrogen-bond acceptors (Lipinski definition) is 2. The van der Waals surface area contributed by atoms with E-state index in [9.17, 15) is 4.79 Å². The van der Waals surface area contributed by atoms with Gasteiger partial charge in [0.15, 0.2) is 0 Å². The summed E-state index contributed by atoms with van der Waals surface area (Å²) in [6.07, 6.45) is 10.9. The highest BCUT2D eigenvalue weighted by Gasteiger charge is 2.34. The van der Waals surface area contributed by atoms with Gasteiger partial charge in [-0.25, -0.2) is 0 Å². The van der Waals surface area contributed by atoms with Crippen molar-refractivity contribution >= 4 is 5.91 Å². The zero-order chi connectivity index (χ0) is 15.5. The molecule has 2 saturated carbocycles. The van der Waals surface area contributed by atoms with Crippen LogP contribution >= 0.6 is 0 Å². The average Bonchev–Trinajstić information content (AvgIpc) is 3.31. The number of nitrogens with zero attached hydrogens (tertiary/aromatic N) is 2. The van der Waals surface area contributed by atoms with Crippen molar-refractivity contribution in [2.75, 3.05) is 26.2 Å². The summed E-state index contributed by atoms with van der Waals surface area (Å²) >= 11 is 0. The van der Waals surface area contributed by atoms with E-state index in [1.54, 1.807) is 0 Å². The minimum atomic E-state index is 0.390. The highest BCUT2D eigenvalue weighted by atomic mass is 16.2. The van der Waals surface area contributed by atoms with Crippen LogP contribution in [0.4, 0.5) is 0 Å². The maximum absolute atomic E-state index is 12.8. The molecule has 0 N–H and O–H groups in total. The third kappa shape index (κ3) is 4.47. The van der Waals surface area contributed by atoms with Gasteiger partial charge >= 0.3 is 0 Å². The summed E-state index contributed by atoms with van der Waals surface area (Å²) < 4.78 is 0. The minimum Gasteiger partial charge on any atom is -0.341 e. The monoisotopic (exact) mass is 306 g/mol. The number of hydrogen-bond donors (Lipinski definition) is 0. The Kier molecular flexibility index (Phi) is 5.43. The van der Waals surface area contributed by atoms with E-state index in [1.807, 2.05) is 0 Å². The molecular formula is C19H34N2O. The molecule has 3 aliphatic rings. The molecule has 3 fully saturated rings. The van der Waals surface area contributed by atoms with Crippen molar-refractivity contribution in [1.82, 2.24) is 9.80 Å². The molecule has 0 spiro atoms. The van der Waals surface area contributed by atoms with Crippen molar-refractivity contribution in [3.63, 3.8) is 0 Å². The highest BCUT2D eigenvalue weighted by molar-refractivity contribution is 5.78. The molecule has 0 bridgehead atoms. The Morgan fingerprint density at radius 2 is 1.64 bits per heavy atom. The molecule has 22 heavy (non-hydrogen) atoms. The van der Waals surface area contributed by atoms with Gasteiger partial charge in [0, 0.05) is 25.7 Å². The molecule has 0 aromatic heterocycles. The van der Waals surface area contributed by atoms with E-state index in [0.29, 0.717) is 30.3 Å². The van der Waals surface area contributed by atoms with Crippen molar-refractivity contribution in [1.29, 1.82) is 0 Å². The van der Waals surface area contributed by atoms with Crippen LogP contribution in [0.5, 0.6) is 0 Å². The van der Waals surface area contributed by atoms with Crippen LogP contribution in [0.3, 0.4) is 0 Å². The van der Waals surface area contributed by atoms with Crippen molar-refractivity contribution in [2.24, 2.45) is 17.8 Å². The first-order chi connectivity index (χ1) is 10.6. The molecule has 1 amide bonds. The van der Waals surface area contributed by atoms with E-state index in [4.69, 9.17) is 0 Å². The fourth-order valence-corrected chi connectivity index (χ4v) is 4.62. The Labute approximate surface area is 136 Å². The van der Waals surface area contributed by atoms with Gasteiger partial charge in [0.1, 0.15) is 0 Å². The second-order valence-corrected chi connectivity index (χ2v) is 8.41. The van der Waals surface area contributed by atoms with Gasteiger partial charge in [0.25, 0.3) is 0 Å². The molecule has 126 valence electrons. The first-order valence-electron chi connectivity index (χ1n) is 9.63. The Morgan fingerprint density at radius 3 is 2.23 bits per heavy atom. The van der Waals surface area contributed by atoms with Crippen LogP contribution in [0.2, 0.25) is 0 Å². The fourth-order valence-electron chi connectivity index (χ4n) is 4.62. The van der Waals surface area contributed by atoms with Gasteiger partial charge in [-0.15, -0.1) is 0 Å². The first kappa shape index (κ1) is 16.3. The van der Waals surface area contributed by atoms with Gasteiger partial charge in [0.2, 0.25) is 5.91 Å². The fraction of sp³-hybridized carbons (Fsp3) is 0.947. The normalized spacial score (nSPS) is 30.8. The Morgan fingerprint density at radius 1 is 1.00 bits per heavy atom. The van der Waals surface area contributed by atoms with Crippen molar-refractivity contribution in [3.8, 4) is 0 Å². The molecule has 1 heterocycles. The van der Waals surface area contributed by atoms with Gasteiger partial charge in [-0.3, -0.25) is 9.69 Å². The lowest BCUT2D eigenvalue weighted by Crippen LogP contribution is -2.48. The molecule has 3 nitrogen and oxygen atoms in total. The Bertz CT molecular complexity index is 364. The SMILES string of the molecule is C[C@H]1C[C@H](C)CN(C(=O)CN(CC2CCCCC2)C2CC2)C1. The molecule has 0 radical (unpaired) electrons. The van der Waals surface area contributed by atoms with E-state index in [1.165, 1.54) is 57.9 Å². The van der Waals surface area contributed by atoms with Gasteiger partial charge in [-0.1, -0.05) is 33.1 Å². The van der Waals surface area contributed by atoms with E-state index >= 15 is 0 Å². The topological polar surface area (TPSA) is 23.6 Å². The van der Waals surface area contributed by atoms with E-state index in [0.717, 1.165) is 19.0 Å². The standard InChI is InChI=1S/C19H34N2O/c1-15-10-16(2)12-21(11-15)19(22)14-20(18-8-9-18)13-17-6-4-3-5-7-17/h15-18H,3-14H2,1-2H3/t15-,16-/m0/s1. The second-order valence-electron chi connectivity index (χ2n) is 8.41. The summed E-state index contributed by atoms with van der Waals surface area (Å²) in [5.41, 5.74) is 0. The predicted octanol–water partition coefficient (Wildman–Crippen LogP) is 3.54. The van der Waals surface area contributed by atoms with Gasteiger partial charge in [0.05, 0.1) is 6.54 Å². The van der Waals surface area contributed by atoms with Crippen molar-refractivity contribution in [3.05, 3.63) is 0 Å². The summed E-state index contributed by atoms with van der Waals surface area (Å²) in [7, 11) is 0.